The first kappa shape index (κ1) is 11.0. The van der Waals surface area contributed by atoms with Gasteiger partial charge in [0.2, 0.25) is 0 Å². The molecule has 78 valence electrons. The SMILES string of the molecule is CC(CO)CN[C@H](C)C1CCCC1. The molecule has 2 atom stereocenters. The Labute approximate surface area is 81.7 Å². The van der Waals surface area contributed by atoms with Gasteiger partial charge in [-0.3, -0.25) is 0 Å². The van der Waals surface area contributed by atoms with Crippen LogP contribution in [0.1, 0.15) is 39.5 Å². The predicted octanol–water partition coefficient (Wildman–Crippen LogP) is 1.78. The van der Waals surface area contributed by atoms with Gasteiger partial charge in [-0.2, -0.15) is 0 Å². The third kappa shape index (κ3) is 3.65. The van der Waals surface area contributed by atoms with E-state index in [2.05, 4.69) is 19.2 Å². The molecule has 2 nitrogen and oxygen atoms in total. The minimum absolute atomic E-state index is 0.296. The number of hydrogen-bond acceptors (Lipinski definition) is 2. The first-order valence-electron chi connectivity index (χ1n) is 5.58. The zero-order chi connectivity index (χ0) is 9.68. The molecule has 0 heterocycles. The predicted molar refractivity (Wildman–Crippen MR) is 55.7 cm³/mol. The summed E-state index contributed by atoms with van der Waals surface area (Å²) in [5.74, 6) is 1.27. The van der Waals surface area contributed by atoms with E-state index in [9.17, 15) is 0 Å². The highest BCUT2D eigenvalue weighted by molar-refractivity contribution is 4.77. The van der Waals surface area contributed by atoms with Crippen LogP contribution < -0.4 is 5.32 Å². The summed E-state index contributed by atoms with van der Waals surface area (Å²) in [7, 11) is 0. The van der Waals surface area contributed by atoms with E-state index in [1.807, 2.05) is 0 Å². The lowest BCUT2D eigenvalue weighted by Crippen LogP contribution is -2.36. The molecule has 0 amide bonds. The fraction of sp³-hybridized carbons (Fsp3) is 1.00. The number of aliphatic hydroxyl groups is 1. The second kappa shape index (κ2) is 5.61. The van der Waals surface area contributed by atoms with E-state index < -0.39 is 0 Å². The van der Waals surface area contributed by atoms with Crippen LogP contribution in [0.25, 0.3) is 0 Å². The molecule has 0 aromatic heterocycles. The van der Waals surface area contributed by atoms with Gasteiger partial charge in [-0.25, -0.2) is 0 Å². The standard InChI is InChI=1S/C11H23NO/c1-9(8-13)7-12-10(2)11-5-3-4-6-11/h9-13H,3-8H2,1-2H3/t9?,10-/m1/s1. The van der Waals surface area contributed by atoms with Crippen molar-refractivity contribution < 1.29 is 5.11 Å². The van der Waals surface area contributed by atoms with Crippen LogP contribution in [-0.2, 0) is 0 Å². The van der Waals surface area contributed by atoms with Crippen molar-refractivity contribution in [3.8, 4) is 0 Å². The molecule has 0 aromatic carbocycles. The molecule has 1 unspecified atom stereocenters. The summed E-state index contributed by atoms with van der Waals surface area (Å²) in [6.07, 6.45) is 5.60. The number of hydrogen-bond donors (Lipinski definition) is 2. The van der Waals surface area contributed by atoms with Gasteiger partial charge in [0.25, 0.3) is 0 Å². The number of aliphatic hydroxyl groups excluding tert-OH is 1. The van der Waals surface area contributed by atoms with Crippen LogP contribution in [0, 0.1) is 11.8 Å². The first-order chi connectivity index (χ1) is 6.24. The third-order valence-corrected chi connectivity index (χ3v) is 3.21. The van der Waals surface area contributed by atoms with Gasteiger partial charge < -0.3 is 10.4 Å². The van der Waals surface area contributed by atoms with Crippen molar-refractivity contribution in [2.24, 2.45) is 11.8 Å². The molecule has 1 aliphatic carbocycles. The molecule has 13 heavy (non-hydrogen) atoms. The highest BCUT2D eigenvalue weighted by Crippen LogP contribution is 2.27. The molecule has 0 radical (unpaired) electrons. The van der Waals surface area contributed by atoms with Crippen LogP contribution in [0.3, 0.4) is 0 Å². The monoisotopic (exact) mass is 185 g/mol. The summed E-state index contributed by atoms with van der Waals surface area (Å²) in [5.41, 5.74) is 0. The first-order valence-corrected chi connectivity index (χ1v) is 5.58. The highest BCUT2D eigenvalue weighted by atomic mass is 16.3. The van der Waals surface area contributed by atoms with Gasteiger partial charge in [-0.05, 0) is 31.6 Å². The average Bonchev–Trinajstić information content (AvgIpc) is 2.66. The molecule has 1 saturated carbocycles. The molecule has 2 heteroatoms. The normalized spacial score (nSPS) is 23.3. The summed E-state index contributed by atoms with van der Waals surface area (Å²) in [6.45, 7) is 5.60. The fourth-order valence-corrected chi connectivity index (χ4v) is 2.08. The summed E-state index contributed by atoms with van der Waals surface area (Å²) < 4.78 is 0. The molecule has 1 aliphatic rings. The van der Waals surface area contributed by atoms with Gasteiger partial charge >= 0.3 is 0 Å². The maximum Gasteiger partial charge on any atom is 0.0468 e. The molecular formula is C11H23NO. The molecule has 0 aromatic rings. The van der Waals surface area contributed by atoms with E-state index in [1.165, 1.54) is 25.7 Å². The van der Waals surface area contributed by atoms with Gasteiger partial charge in [0.05, 0.1) is 0 Å². The van der Waals surface area contributed by atoms with Gasteiger partial charge in [0.1, 0.15) is 0 Å². The second-order valence-corrected chi connectivity index (χ2v) is 4.53. The molecule has 1 fully saturated rings. The zero-order valence-corrected chi connectivity index (χ0v) is 8.92. The van der Waals surface area contributed by atoms with Crippen molar-refractivity contribution in [2.75, 3.05) is 13.2 Å². The highest BCUT2D eigenvalue weighted by Gasteiger charge is 2.21. The van der Waals surface area contributed by atoms with Crippen LogP contribution >= 0.6 is 0 Å². The van der Waals surface area contributed by atoms with Crippen LogP contribution in [0.5, 0.6) is 0 Å². The van der Waals surface area contributed by atoms with E-state index >= 15 is 0 Å². The van der Waals surface area contributed by atoms with Crippen LogP contribution in [0.15, 0.2) is 0 Å². The Morgan fingerprint density at radius 3 is 2.46 bits per heavy atom. The zero-order valence-electron chi connectivity index (χ0n) is 8.92. The quantitative estimate of drug-likeness (QED) is 0.684. The third-order valence-electron chi connectivity index (χ3n) is 3.21. The Hall–Kier alpha value is -0.0800. The Balaban J connectivity index is 2.12. The maximum absolute atomic E-state index is 8.87. The van der Waals surface area contributed by atoms with Gasteiger partial charge in [0, 0.05) is 19.2 Å². The average molecular weight is 185 g/mol. The van der Waals surface area contributed by atoms with Crippen LogP contribution in [0.4, 0.5) is 0 Å². The Morgan fingerprint density at radius 1 is 1.31 bits per heavy atom. The molecular weight excluding hydrogens is 162 g/mol. The topological polar surface area (TPSA) is 32.3 Å². The van der Waals surface area contributed by atoms with Gasteiger partial charge in [-0.15, -0.1) is 0 Å². The number of nitrogens with one attached hydrogen (secondary N) is 1. The lowest BCUT2D eigenvalue weighted by Gasteiger charge is -2.21. The van der Waals surface area contributed by atoms with Crippen molar-refractivity contribution in [1.29, 1.82) is 0 Å². The van der Waals surface area contributed by atoms with Crippen molar-refractivity contribution >= 4 is 0 Å². The molecule has 1 rings (SSSR count). The van der Waals surface area contributed by atoms with E-state index in [0.29, 0.717) is 18.6 Å². The van der Waals surface area contributed by atoms with E-state index in [1.54, 1.807) is 0 Å². The van der Waals surface area contributed by atoms with E-state index in [4.69, 9.17) is 5.11 Å². The van der Waals surface area contributed by atoms with E-state index in [-0.39, 0.29) is 0 Å². The summed E-state index contributed by atoms with van der Waals surface area (Å²) in [4.78, 5) is 0. The molecule has 0 bridgehead atoms. The van der Waals surface area contributed by atoms with E-state index in [0.717, 1.165) is 12.5 Å². The fourth-order valence-electron chi connectivity index (χ4n) is 2.08. The lowest BCUT2D eigenvalue weighted by molar-refractivity contribution is 0.225. The minimum Gasteiger partial charge on any atom is -0.396 e. The Morgan fingerprint density at radius 2 is 1.92 bits per heavy atom. The molecule has 0 aliphatic heterocycles. The smallest absolute Gasteiger partial charge is 0.0468 e. The van der Waals surface area contributed by atoms with Crippen molar-refractivity contribution in [1.82, 2.24) is 5.32 Å². The number of rotatable bonds is 5. The van der Waals surface area contributed by atoms with Crippen molar-refractivity contribution in [3.63, 3.8) is 0 Å². The maximum atomic E-state index is 8.87. The largest absolute Gasteiger partial charge is 0.396 e. The summed E-state index contributed by atoms with van der Waals surface area (Å²) in [6, 6.07) is 0.636. The molecule has 0 saturated heterocycles. The molecule has 0 spiro atoms. The summed E-state index contributed by atoms with van der Waals surface area (Å²) >= 11 is 0. The van der Waals surface area contributed by atoms with Gasteiger partial charge in [-0.1, -0.05) is 19.8 Å². The minimum atomic E-state index is 0.296. The Bertz CT molecular complexity index is 132. The van der Waals surface area contributed by atoms with Gasteiger partial charge in [0.15, 0.2) is 0 Å². The Kier molecular flexibility index (Phi) is 4.74. The second-order valence-electron chi connectivity index (χ2n) is 4.53. The van der Waals surface area contributed by atoms with Crippen LogP contribution in [-0.4, -0.2) is 24.3 Å². The molecule has 2 N–H and O–H groups in total. The van der Waals surface area contributed by atoms with Crippen LogP contribution in [0.2, 0.25) is 0 Å². The van der Waals surface area contributed by atoms with Crippen molar-refractivity contribution in [2.45, 2.75) is 45.6 Å². The lowest BCUT2D eigenvalue weighted by atomic mass is 9.99. The summed E-state index contributed by atoms with van der Waals surface area (Å²) in [5, 5.41) is 12.4. The van der Waals surface area contributed by atoms with Crippen molar-refractivity contribution in [3.05, 3.63) is 0 Å².